The number of anilines is 1. The molecule has 7 nitrogen and oxygen atoms in total. The second-order valence-corrected chi connectivity index (χ2v) is 9.01. The average molecular weight is 390 g/mol. The molecule has 7 heteroatoms. The Morgan fingerprint density at radius 3 is 2.76 bits per heavy atom. The summed E-state index contributed by atoms with van der Waals surface area (Å²) in [5.41, 5.74) is 5.84. The van der Waals surface area contributed by atoms with Crippen LogP contribution in [-0.2, 0) is 19.5 Å². The van der Waals surface area contributed by atoms with Crippen LogP contribution in [0.1, 0.15) is 59.7 Å². The van der Waals surface area contributed by atoms with Crippen molar-refractivity contribution in [3.63, 3.8) is 0 Å². The molecule has 0 radical (unpaired) electrons. The van der Waals surface area contributed by atoms with Gasteiger partial charge in [0.1, 0.15) is 5.82 Å². The second-order valence-electron chi connectivity index (χ2n) is 9.01. The van der Waals surface area contributed by atoms with Crippen molar-refractivity contribution in [2.24, 2.45) is 5.92 Å². The van der Waals surface area contributed by atoms with Crippen molar-refractivity contribution < 1.29 is 0 Å². The summed E-state index contributed by atoms with van der Waals surface area (Å²) in [6, 6.07) is 2.35. The Bertz CT molecular complexity index is 1180. The molecule has 2 saturated carbocycles. The Hall–Kier alpha value is -2.70. The van der Waals surface area contributed by atoms with Gasteiger partial charge in [-0.15, -0.1) is 5.10 Å². The topological polar surface area (TPSA) is 68.3 Å². The lowest BCUT2D eigenvalue weighted by atomic mass is 10.0. The first-order valence-electron chi connectivity index (χ1n) is 10.8. The Kier molecular flexibility index (Phi) is 3.64. The first kappa shape index (κ1) is 17.2. The molecule has 0 aromatic carbocycles. The van der Waals surface area contributed by atoms with E-state index in [0.717, 1.165) is 36.6 Å². The number of fused-ring (bicyclic) bond motifs is 2. The summed E-state index contributed by atoms with van der Waals surface area (Å²) in [6.07, 6.45) is 7.97. The molecule has 0 bridgehead atoms. The van der Waals surface area contributed by atoms with Gasteiger partial charge in [0.2, 0.25) is 0 Å². The largest absolute Gasteiger partial charge is 0.351 e. The zero-order chi connectivity index (χ0) is 19.7. The number of hydrogen-bond donors (Lipinski definition) is 0. The lowest BCUT2D eigenvalue weighted by Crippen LogP contribution is -2.33. The van der Waals surface area contributed by atoms with E-state index in [2.05, 4.69) is 29.2 Å². The highest BCUT2D eigenvalue weighted by Crippen LogP contribution is 2.40. The van der Waals surface area contributed by atoms with Gasteiger partial charge >= 0.3 is 5.69 Å². The van der Waals surface area contributed by atoms with Gasteiger partial charge in [-0.05, 0) is 62.5 Å². The fourth-order valence-electron chi connectivity index (χ4n) is 4.51. The van der Waals surface area contributed by atoms with E-state index >= 15 is 0 Å². The van der Waals surface area contributed by atoms with Gasteiger partial charge in [0.05, 0.1) is 0 Å². The van der Waals surface area contributed by atoms with E-state index < -0.39 is 0 Å². The van der Waals surface area contributed by atoms with Crippen LogP contribution < -0.4 is 10.6 Å². The lowest BCUT2D eigenvalue weighted by Gasteiger charge is -2.31. The van der Waals surface area contributed by atoms with Crippen molar-refractivity contribution in [3.05, 3.63) is 50.8 Å². The van der Waals surface area contributed by atoms with Crippen molar-refractivity contribution in [3.8, 4) is 0 Å². The molecule has 0 unspecified atom stereocenters. The Labute approximate surface area is 169 Å². The maximum atomic E-state index is 12.8. The molecule has 3 aromatic rings. The fourth-order valence-corrected chi connectivity index (χ4v) is 4.51. The molecular formula is C22H26N6O. The van der Waals surface area contributed by atoms with Gasteiger partial charge in [-0.2, -0.15) is 4.98 Å². The number of hydrogen-bond acceptors (Lipinski definition) is 5. The van der Waals surface area contributed by atoms with E-state index in [0.29, 0.717) is 24.2 Å². The van der Waals surface area contributed by atoms with Crippen molar-refractivity contribution in [2.45, 2.75) is 65.0 Å². The third kappa shape index (κ3) is 2.86. The third-order valence-electron chi connectivity index (χ3n) is 6.78. The van der Waals surface area contributed by atoms with Crippen LogP contribution in [0.2, 0.25) is 0 Å². The van der Waals surface area contributed by atoms with Crippen molar-refractivity contribution in [1.82, 2.24) is 24.1 Å². The highest BCUT2D eigenvalue weighted by Gasteiger charge is 2.28. The second kappa shape index (κ2) is 6.15. The molecule has 0 spiro atoms. The third-order valence-corrected chi connectivity index (χ3v) is 6.78. The summed E-state index contributed by atoms with van der Waals surface area (Å²) in [6.45, 7) is 6.49. The van der Waals surface area contributed by atoms with Gasteiger partial charge in [0.25, 0.3) is 5.78 Å². The first-order chi connectivity index (χ1) is 14.1. The van der Waals surface area contributed by atoms with E-state index in [1.165, 1.54) is 42.5 Å². The standard InChI is InChI=1S/C22H26N6O/c1-13-14(2)28-21(25-27(22(28)29)11-15-3-4-15)24-20(13)26-8-7-19-18(12-26)9-17(10-23-19)16-5-6-16/h9-10,15-16H,3-8,11-12H2,1-2H3. The maximum Gasteiger partial charge on any atom is 0.351 e. The van der Waals surface area contributed by atoms with E-state index in [1.807, 2.05) is 6.92 Å². The molecule has 0 saturated heterocycles. The van der Waals surface area contributed by atoms with Crippen LogP contribution in [0.3, 0.4) is 0 Å². The molecule has 3 aliphatic rings. The Morgan fingerprint density at radius 1 is 1.17 bits per heavy atom. The molecule has 150 valence electrons. The summed E-state index contributed by atoms with van der Waals surface area (Å²) < 4.78 is 3.28. The summed E-state index contributed by atoms with van der Waals surface area (Å²) in [5, 5.41) is 4.56. The maximum absolute atomic E-state index is 12.8. The zero-order valence-corrected chi connectivity index (χ0v) is 17.1. The monoisotopic (exact) mass is 390 g/mol. The van der Waals surface area contributed by atoms with Crippen molar-refractivity contribution in [1.29, 1.82) is 0 Å². The summed E-state index contributed by atoms with van der Waals surface area (Å²) >= 11 is 0. The van der Waals surface area contributed by atoms with Gasteiger partial charge in [0.15, 0.2) is 0 Å². The summed E-state index contributed by atoms with van der Waals surface area (Å²) in [5.74, 6) is 2.78. The minimum atomic E-state index is -0.0613. The highest BCUT2D eigenvalue weighted by atomic mass is 16.2. The van der Waals surface area contributed by atoms with Gasteiger partial charge in [-0.25, -0.2) is 13.9 Å². The smallest absolute Gasteiger partial charge is 0.351 e. The number of pyridine rings is 1. The molecule has 4 heterocycles. The number of nitrogens with zero attached hydrogens (tertiary/aromatic N) is 6. The van der Waals surface area contributed by atoms with Gasteiger partial charge < -0.3 is 4.90 Å². The first-order valence-corrected chi connectivity index (χ1v) is 10.8. The van der Waals surface area contributed by atoms with Gasteiger partial charge in [-0.1, -0.05) is 6.07 Å². The zero-order valence-electron chi connectivity index (χ0n) is 17.1. The van der Waals surface area contributed by atoms with E-state index in [-0.39, 0.29) is 5.69 Å². The van der Waals surface area contributed by atoms with E-state index in [9.17, 15) is 4.79 Å². The molecular weight excluding hydrogens is 364 g/mol. The van der Waals surface area contributed by atoms with Crippen LogP contribution in [-0.4, -0.2) is 30.7 Å². The predicted octanol–water partition coefficient (Wildman–Crippen LogP) is 2.75. The molecule has 2 aliphatic carbocycles. The molecule has 0 amide bonds. The summed E-state index contributed by atoms with van der Waals surface area (Å²) in [7, 11) is 0. The molecule has 0 atom stereocenters. The Morgan fingerprint density at radius 2 is 2.00 bits per heavy atom. The minimum Gasteiger partial charge on any atom is -0.351 e. The molecule has 2 fully saturated rings. The minimum absolute atomic E-state index is 0.0613. The van der Waals surface area contributed by atoms with Crippen molar-refractivity contribution in [2.75, 3.05) is 11.4 Å². The van der Waals surface area contributed by atoms with Crippen LogP contribution in [0, 0.1) is 19.8 Å². The number of aromatic nitrogens is 5. The number of rotatable bonds is 4. The van der Waals surface area contributed by atoms with Gasteiger partial charge in [-0.3, -0.25) is 4.98 Å². The van der Waals surface area contributed by atoms with Crippen LogP contribution in [0.4, 0.5) is 5.82 Å². The van der Waals surface area contributed by atoms with Crippen LogP contribution in [0.5, 0.6) is 0 Å². The van der Waals surface area contributed by atoms with E-state index in [4.69, 9.17) is 9.97 Å². The predicted molar refractivity (Wildman–Crippen MR) is 110 cm³/mol. The van der Waals surface area contributed by atoms with Crippen LogP contribution >= 0.6 is 0 Å². The Balaban J connectivity index is 1.38. The van der Waals surface area contributed by atoms with Crippen LogP contribution in [0.25, 0.3) is 5.78 Å². The van der Waals surface area contributed by atoms with Gasteiger partial charge in [0, 0.05) is 49.2 Å². The SMILES string of the molecule is Cc1c(N2CCc3ncc(C4CC4)cc3C2)nc2nn(CC3CC3)c(=O)n2c1C. The average Bonchev–Trinajstić information content (AvgIpc) is 3.63. The highest BCUT2D eigenvalue weighted by molar-refractivity contribution is 5.55. The normalized spacial score (nSPS) is 19.0. The molecule has 3 aromatic heterocycles. The van der Waals surface area contributed by atoms with Crippen LogP contribution in [0.15, 0.2) is 17.1 Å². The molecule has 6 rings (SSSR count). The quantitative estimate of drug-likeness (QED) is 0.685. The lowest BCUT2D eigenvalue weighted by molar-refractivity contribution is 0.544. The molecule has 0 N–H and O–H groups in total. The fraction of sp³-hybridized carbons (Fsp3) is 0.545. The van der Waals surface area contributed by atoms with E-state index in [1.54, 1.807) is 9.08 Å². The molecule has 1 aliphatic heterocycles. The van der Waals surface area contributed by atoms with Crippen molar-refractivity contribution >= 4 is 11.6 Å². The molecule has 29 heavy (non-hydrogen) atoms. The summed E-state index contributed by atoms with van der Waals surface area (Å²) in [4.78, 5) is 24.7. The number of aryl methyl sites for hydroxylation is 1.